The molecule has 2 atom stereocenters. The van der Waals surface area contributed by atoms with Crippen LogP contribution in [0.15, 0.2) is 42.5 Å². The van der Waals surface area contributed by atoms with Gasteiger partial charge in [-0.2, -0.15) is 0 Å². The van der Waals surface area contributed by atoms with Gasteiger partial charge in [-0.3, -0.25) is 4.90 Å². The average Bonchev–Trinajstić information content (AvgIpc) is 3.02. The minimum atomic E-state index is 0.103. The maximum absolute atomic E-state index is 10.4. The molecule has 126 valence electrons. The van der Waals surface area contributed by atoms with Gasteiger partial charge in [0.05, 0.1) is 12.2 Å². The zero-order valence-electron chi connectivity index (χ0n) is 14.2. The topological polar surface area (TPSA) is 32.7 Å². The van der Waals surface area contributed by atoms with E-state index in [1.807, 2.05) is 12.1 Å². The molecule has 3 nitrogen and oxygen atoms in total. The lowest BCUT2D eigenvalue weighted by Gasteiger charge is -2.37. The quantitative estimate of drug-likeness (QED) is 0.931. The first-order valence-corrected chi connectivity index (χ1v) is 8.95. The van der Waals surface area contributed by atoms with Crippen LogP contribution in [0.5, 0.6) is 5.75 Å². The molecular weight excluding hydrogens is 298 g/mol. The van der Waals surface area contributed by atoms with Crippen LogP contribution in [0.4, 0.5) is 0 Å². The molecule has 1 heterocycles. The Morgan fingerprint density at radius 3 is 2.62 bits per heavy atom. The minimum absolute atomic E-state index is 0.103. The molecule has 24 heavy (non-hydrogen) atoms. The van der Waals surface area contributed by atoms with E-state index in [4.69, 9.17) is 4.74 Å². The largest absolute Gasteiger partial charge is 0.508 e. The highest BCUT2D eigenvalue weighted by atomic mass is 16.5. The zero-order chi connectivity index (χ0) is 16.5. The van der Waals surface area contributed by atoms with Crippen LogP contribution in [0.3, 0.4) is 0 Å². The Morgan fingerprint density at radius 1 is 1.08 bits per heavy atom. The van der Waals surface area contributed by atoms with E-state index in [2.05, 4.69) is 42.2 Å². The summed E-state index contributed by atoms with van der Waals surface area (Å²) in [6, 6.07) is 14.6. The van der Waals surface area contributed by atoms with E-state index in [0.29, 0.717) is 5.75 Å². The molecule has 0 radical (unpaired) electrons. The number of hydrogen-bond acceptors (Lipinski definition) is 3. The van der Waals surface area contributed by atoms with Crippen LogP contribution in [-0.2, 0) is 24.1 Å². The number of aryl methyl sites for hydroxylation is 2. The van der Waals surface area contributed by atoms with Crippen molar-refractivity contribution < 1.29 is 9.84 Å². The summed E-state index contributed by atoms with van der Waals surface area (Å²) < 4.78 is 6.14. The highest BCUT2D eigenvalue weighted by Gasteiger charge is 2.27. The monoisotopic (exact) mass is 323 g/mol. The summed E-state index contributed by atoms with van der Waals surface area (Å²) in [6.07, 6.45) is 3.76. The highest BCUT2D eigenvalue weighted by molar-refractivity contribution is 5.44. The van der Waals surface area contributed by atoms with Crippen molar-refractivity contribution in [1.82, 2.24) is 4.90 Å². The van der Waals surface area contributed by atoms with Gasteiger partial charge in [-0.15, -0.1) is 0 Å². The summed E-state index contributed by atoms with van der Waals surface area (Å²) in [5.74, 6) is 0.450. The maximum Gasteiger partial charge on any atom is 0.120 e. The van der Waals surface area contributed by atoms with Gasteiger partial charge in [-0.05, 0) is 48.9 Å². The van der Waals surface area contributed by atoms with E-state index in [9.17, 15) is 5.11 Å². The van der Waals surface area contributed by atoms with E-state index in [-0.39, 0.29) is 12.2 Å². The van der Waals surface area contributed by atoms with Crippen LogP contribution in [0.25, 0.3) is 0 Å². The fourth-order valence-electron chi connectivity index (χ4n) is 4.05. The van der Waals surface area contributed by atoms with Gasteiger partial charge in [0, 0.05) is 25.2 Å². The third-order valence-electron chi connectivity index (χ3n) is 5.19. The van der Waals surface area contributed by atoms with E-state index in [0.717, 1.165) is 38.0 Å². The van der Waals surface area contributed by atoms with Gasteiger partial charge < -0.3 is 9.84 Å². The molecule has 4 rings (SSSR count). The lowest BCUT2D eigenvalue weighted by molar-refractivity contribution is -0.0815. The van der Waals surface area contributed by atoms with Crippen molar-refractivity contribution in [1.29, 1.82) is 0 Å². The first-order valence-electron chi connectivity index (χ1n) is 8.95. The van der Waals surface area contributed by atoms with Crippen molar-refractivity contribution in [2.45, 2.75) is 44.9 Å². The van der Waals surface area contributed by atoms with Gasteiger partial charge in [0.2, 0.25) is 0 Å². The molecule has 2 aromatic rings. The summed E-state index contributed by atoms with van der Waals surface area (Å²) in [5.41, 5.74) is 5.03. The zero-order valence-corrected chi connectivity index (χ0v) is 14.2. The van der Waals surface area contributed by atoms with E-state index >= 15 is 0 Å². The third kappa shape index (κ3) is 3.19. The molecule has 0 bridgehead atoms. The minimum Gasteiger partial charge on any atom is -0.508 e. The smallest absolute Gasteiger partial charge is 0.120 e. The van der Waals surface area contributed by atoms with Crippen LogP contribution in [-0.4, -0.2) is 29.2 Å². The molecule has 0 amide bonds. The number of hydrogen-bond donors (Lipinski definition) is 1. The molecule has 0 aromatic heterocycles. The molecule has 0 unspecified atom stereocenters. The van der Waals surface area contributed by atoms with Crippen LogP contribution < -0.4 is 0 Å². The number of fused-ring (bicyclic) bond motifs is 1. The van der Waals surface area contributed by atoms with Crippen molar-refractivity contribution in [3.05, 3.63) is 64.7 Å². The number of benzene rings is 2. The summed E-state index contributed by atoms with van der Waals surface area (Å²) in [7, 11) is 0. The van der Waals surface area contributed by atoms with Crippen molar-refractivity contribution in [2.24, 2.45) is 0 Å². The Bertz CT molecular complexity index is 713. The maximum atomic E-state index is 10.4. The van der Waals surface area contributed by atoms with Gasteiger partial charge >= 0.3 is 0 Å². The Balaban J connectivity index is 1.52. The number of phenols is 1. The molecule has 1 aliphatic heterocycles. The second-order valence-electron chi connectivity index (χ2n) is 7.14. The number of nitrogens with zero attached hydrogens (tertiary/aromatic N) is 1. The lowest BCUT2D eigenvalue weighted by Crippen LogP contribution is -2.42. The van der Waals surface area contributed by atoms with Gasteiger partial charge in [-0.1, -0.05) is 36.4 Å². The van der Waals surface area contributed by atoms with E-state index < -0.39 is 0 Å². The van der Waals surface area contributed by atoms with Gasteiger partial charge in [0.1, 0.15) is 5.75 Å². The third-order valence-corrected chi connectivity index (χ3v) is 5.19. The van der Waals surface area contributed by atoms with Crippen LogP contribution >= 0.6 is 0 Å². The number of rotatable bonds is 3. The van der Waals surface area contributed by atoms with Crippen molar-refractivity contribution >= 4 is 0 Å². The number of phenolic OH excluding ortho intramolecular Hbond substituents is 1. The molecule has 0 saturated carbocycles. The molecule has 3 heteroatoms. The molecule has 1 aliphatic carbocycles. The first kappa shape index (κ1) is 15.7. The highest BCUT2D eigenvalue weighted by Crippen LogP contribution is 2.32. The van der Waals surface area contributed by atoms with Crippen LogP contribution in [0.1, 0.15) is 41.7 Å². The van der Waals surface area contributed by atoms with Gasteiger partial charge in [0.15, 0.2) is 0 Å². The summed E-state index contributed by atoms with van der Waals surface area (Å²) in [6.45, 7) is 4.69. The second-order valence-corrected chi connectivity index (χ2v) is 7.14. The van der Waals surface area contributed by atoms with E-state index in [1.54, 1.807) is 0 Å². The fraction of sp³-hybridized carbons (Fsp3) is 0.429. The van der Waals surface area contributed by atoms with Crippen molar-refractivity contribution in [3.8, 4) is 5.75 Å². The van der Waals surface area contributed by atoms with Gasteiger partial charge in [-0.25, -0.2) is 0 Å². The summed E-state index contributed by atoms with van der Waals surface area (Å²) in [4.78, 5) is 2.40. The second kappa shape index (κ2) is 6.58. The Kier molecular flexibility index (Phi) is 4.30. The summed E-state index contributed by atoms with van der Waals surface area (Å²) >= 11 is 0. The summed E-state index contributed by atoms with van der Waals surface area (Å²) in [5, 5.41) is 10.4. The lowest BCUT2D eigenvalue weighted by atomic mass is 10.0. The average molecular weight is 323 g/mol. The van der Waals surface area contributed by atoms with Crippen LogP contribution in [0.2, 0.25) is 0 Å². The molecule has 1 N–H and O–H groups in total. The predicted molar refractivity (Wildman–Crippen MR) is 95.1 cm³/mol. The van der Waals surface area contributed by atoms with Crippen LogP contribution in [0, 0.1) is 0 Å². The van der Waals surface area contributed by atoms with Crippen molar-refractivity contribution in [2.75, 3.05) is 13.1 Å². The molecule has 2 aliphatic rings. The van der Waals surface area contributed by atoms with Crippen molar-refractivity contribution in [3.63, 3.8) is 0 Å². The number of morpholine rings is 1. The Labute approximate surface area is 143 Å². The van der Waals surface area contributed by atoms with Gasteiger partial charge in [0.25, 0.3) is 0 Å². The first-order chi connectivity index (χ1) is 11.7. The van der Waals surface area contributed by atoms with E-state index in [1.165, 1.54) is 23.1 Å². The normalized spacial score (nSPS) is 24.0. The number of ether oxygens (including phenoxy) is 1. The predicted octanol–water partition coefficient (Wildman–Crippen LogP) is 3.84. The Hall–Kier alpha value is -1.84. The molecule has 2 aromatic carbocycles. The molecule has 1 saturated heterocycles. The fourth-order valence-corrected chi connectivity index (χ4v) is 4.05. The molecule has 1 fully saturated rings. The molecular formula is C21H25NO2. The molecule has 0 spiro atoms. The SMILES string of the molecule is C[C@@H]1CN(Cc2cc3c(cc2O)CCC3)C[C@H](c2ccccc2)O1. The standard InChI is InChI=1S/C21H25NO2/c1-15-12-22(14-21(24-15)16-6-3-2-4-7-16)13-19-10-17-8-5-9-18(17)11-20(19)23/h2-4,6-7,10-11,15,21,23H,5,8-9,12-14H2,1H3/t15-,21-/m1/s1. The Morgan fingerprint density at radius 2 is 1.83 bits per heavy atom. The number of aromatic hydroxyl groups is 1.